The molecule has 2 heterocycles. The minimum Gasteiger partial charge on any atom is -0.497 e. The Kier molecular flexibility index (Phi) is 4.96. The first-order valence-electron chi connectivity index (χ1n) is 9.46. The van der Waals surface area contributed by atoms with Gasteiger partial charge in [0.15, 0.2) is 0 Å². The molecule has 6 nitrogen and oxygen atoms in total. The van der Waals surface area contributed by atoms with Crippen LogP contribution < -0.4 is 9.47 Å². The van der Waals surface area contributed by atoms with E-state index < -0.39 is 0 Å². The van der Waals surface area contributed by atoms with Crippen molar-refractivity contribution in [1.29, 1.82) is 0 Å². The summed E-state index contributed by atoms with van der Waals surface area (Å²) in [7, 11) is 3.20. The van der Waals surface area contributed by atoms with Crippen LogP contribution in [0.3, 0.4) is 0 Å². The predicted octanol–water partition coefficient (Wildman–Crippen LogP) is 4.19. The van der Waals surface area contributed by atoms with Gasteiger partial charge in [-0.15, -0.1) is 0 Å². The third-order valence-electron chi connectivity index (χ3n) is 5.18. The largest absolute Gasteiger partial charge is 0.497 e. The van der Waals surface area contributed by atoms with Gasteiger partial charge in [-0.2, -0.15) is 5.10 Å². The van der Waals surface area contributed by atoms with Gasteiger partial charge in [0.1, 0.15) is 23.0 Å². The predicted molar refractivity (Wildman–Crippen MR) is 107 cm³/mol. The SMILES string of the molecule is CCCN1C(=O)c2[nH]nc(-c3ccc(F)cc3)c2[C@@H]1c1cc(OC)ccc1OC. The lowest BCUT2D eigenvalue weighted by atomic mass is 9.95. The molecule has 0 radical (unpaired) electrons. The molecular formula is C22H22FN3O3. The van der Waals surface area contributed by atoms with E-state index in [1.807, 2.05) is 30.0 Å². The lowest BCUT2D eigenvalue weighted by molar-refractivity contribution is 0.0742. The van der Waals surface area contributed by atoms with Crippen molar-refractivity contribution in [1.82, 2.24) is 15.1 Å². The van der Waals surface area contributed by atoms with Gasteiger partial charge in [-0.05, 0) is 48.9 Å². The molecule has 2 aromatic carbocycles. The van der Waals surface area contributed by atoms with Gasteiger partial charge in [-0.25, -0.2) is 4.39 Å². The molecule has 1 aliphatic rings. The number of benzene rings is 2. The van der Waals surface area contributed by atoms with Crippen LogP contribution in [-0.2, 0) is 0 Å². The van der Waals surface area contributed by atoms with Crippen molar-refractivity contribution >= 4 is 5.91 Å². The van der Waals surface area contributed by atoms with Gasteiger partial charge in [0.25, 0.3) is 5.91 Å². The number of hydrogen-bond acceptors (Lipinski definition) is 4. The van der Waals surface area contributed by atoms with Gasteiger partial charge >= 0.3 is 0 Å². The van der Waals surface area contributed by atoms with Gasteiger partial charge in [-0.1, -0.05) is 6.92 Å². The number of rotatable bonds is 6. The molecule has 0 aliphatic carbocycles. The van der Waals surface area contributed by atoms with E-state index in [1.165, 1.54) is 12.1 Å². The maximum Gasteiger partial charge on any atom is 0.273 e. The van der Waals surface area contributed by atoms with Gasteiger partial charge in [-0.3, -0.25) is 9.89 Å². The van der Waals surface area contributed by atoms with Gasteiger partial charge < -0.3 is 14.4 Å². The number of aromatic amines is 1. The molecule has 0 saturated carbocycles. The van der Waals surface area contributed by atoms with Crippen molar-refractivity contribution in [3.63, 3.8) is 0 Å². The first-order valence-corrected chi connectivity index (χ1v) is 9.46. The van der Waals surface area contributed by atoms with Crippen LogP contribution in [0.15, 0.2) is 42.5 Å². The minimum atomic E-state index is -0.388. The number of ether oxygens (including phenoxy) is 2. The van der Waals surface area contributed by atoms with Crippen molar-refractivity contribution in [2.24, 2.45) is 0 Å². The van der Waals surface area contributed by atoms with Crippen LogP contribution in [0.25, 0.3) is 11.3 Å². The standard InChI is InChI=1S/C22H22FN3O3/c1-4-11-26-21(16-12-15(28-2)9-10-17(16)29-3)18-19(24-25-20(18)22(26)27)13-5-7-14(23)8-6-13/h5-10,12,21H,4,11H2,1-3H3,(H,24,25)/t21-/m0/s1. The van der Waals surface area contributed by atoms with Crippen LogP contribution in [0.2, 0.25) is 0 Å². The third kappa shape index (κ3) is 3.12. The Morgan fingerprint density at radius 1 is 1.14 bits per heavy atom. The van der Waals surface area contributed by atoms with E-state index in [4.69, 9.17) is 9.47 Å². The number of amides is 1. The summed E-state index contributed by atoms with van der Waals surface area (Å²) in [5, 5.41) is 7.29. The monoisotopic (exact) mass is 395 g/mol. The second-order valence-corrected chi connectivity index (χ2v) is 6.88. The number of nitrogens with one attached hydrogen (secondary N) is 1. The highest BCUT2D eigenvalue weighted by atomic mass is 19.1. The highest BCUT2D eigenvalue weighted by molar-refractivity contribution is 6.00. The quantitative estimate of drug-likeness (QED) is 0.680. The number of carbonyl (C=O) groups excluding carboxylic acids is 1. The smallest absolute Gasteiger partial charge is 0.273 e. The Morgan fingerprint density at radius 3 is 2.55 bits per heavy atom. The number of halogens is 1. The third-order valence-corrected chi connectivity index (χ3v) is 5.18. The first kappa shape index (κ1) is 19.0. The average molecular weight is 395 g/mol. The molecule has 7 heteroatoms. The normalized spacial score (nSPS) is 15.5. The van der Waals surface area contributed by atoms with Crippen LogP contribution in [0.1, 0.15) is 41.0 Å². The summed E-state index contributed by atoms with van der Waals surface area (Å²) in [5.74, 6) is 0.891. The average Bonchev–Trinajstić information content (AvgIpc) is 3.28. The minimum absolute atomic E-state index is 0.113. The molecule has 4 rings (SSSR count). The molecule has 0 spiro atoms. The number of nitrogens with zero attached hydrogens (tertiary/aromatic N) is 2. The summed E-state index contributed by atoms with van der Waals surface area (Å²) in [6.07, 6.45) is 0.804. The molecule has 1 atom stereocenters. The number of carbonyl (C=O) groups is 1. The van der Waals surface area contributed by atoms with Crippen LogP contribution in [0, 0.1) is 5.82 Å². The van der Waals surface area contributed by atoms with E-state index in [9.17, 15) is 9.18 Å². The molecule has 0 bridgehead atoms. The van der Waals surface area contributed by atoms with E-state index in [1.54, 1.807) is 26.4 Å². The van der Waals surface area contributed by atoms with E-state index in [2.05, 4.69) is 10.2 Å². The second kappa shape index (κ2) is 7.58. The van der Waals surface area contributed by atoms with Crippen LogP contribution in [0.5, 0.6) is 11.5 Å². The van der Waals surface area contributed by atoms with E-state index in [0.717, 1.165) is 23.1 Å². The highest BCUT2D eigenvalue weighted by Gasteiger charge is 2.43. The number of methoxy groups -OCH3 is 2. The molecule has 3 aromatic rings. The first-order chi connectivity index (χ1) is 14.1. The van der Waals surface area contributed by atoms with Crippen molar-refractivity contribution in [2.75, 3.05) is 20.8 Å². The van der Waals surface area contributed by atoms with E-state index in [-0.39, 0.29) is 17.8 Å². The van der Waals surface area contributed by atoms with Crippen LogP contribution in [0.4, 0.5) is 4.39 Å². The van der Waals surface area contributed by atoms with Crippen molar-refractivity contribution < 1.29 is 18.7 Å². The molecule has 1 aliphatic heterocycles. The van der Waals surface area contributed by atoms with Crippen molar-refractivity contribution in [3.05, 3.63) is 65.1 Å². The second-order valence-electron chi connectivity index (χ2n) is 6.88. The number of fused-ring (bicyclic) bond motifs is 1. The Labute approximate surface area is 168 Å². The molecule has 29 heavy (non-hydrogen) atoms. The number of aromatic nitrogens is 2. The molecule has 0 unspecified atom stereocenters. The zero-order chi connectivity index (χ0) is 20.5. The fourth-order valence-corrected chi connectivity index (χ4v) is 3.87. The zero-order valence-corrected chi connectivity index (χ0v) is 16.5. The van der Waals surface area contributed by atoms with Gasteiger partial charge in [0.2, 0.25) is 0 Å². The fraction of sp³-hybridized carbons (Fsp3) is 0.273. The maximum atomic E-state index is 13.4. The topological polar surface area (TPSA) is 67.5 Å². The van der Waals surface area contributed by atoms with E-state index >= 15 is 0 Å². The zero-order valence-electron chi connectivity index (χ0n) is 16.5. The Bertz CT molecular complexity index is 1050. The Balaban J connectivity index is 1.93. The molecule has 150 valence electrons. The molecule has 1 aromatic heterocycles. The van der Waals surface area contributed by atoms with Crippen molar-refractivity contribution in [3.8, 4) is 22.8 Å². The summed E-state index contributed by atoms with van der Waals surface area (Å²) in [6.45, 7) is 2.61. The fourth-order valence-electron chi connectivity index (χ4n) is 3.87. The summed E-state index contributed by atoms with van der Waals surface area (Å²) >= 11 is 0. The van der Waals surface area contributed by atoms with Crippen molar-refractivity contribution in [2.45, 2.75) is 19.4 Å². The summed E-state index contributed by atoms with van der Waals surface area (Å²) in [6, 6.07) is 11.3. The van der Waals surface area contributed by atoms with E-state index in [0.29, 0.717) is 29.4 Å². The summed E-state index contributed by atoms with van der Waals surface area (Å²) in [4.78, 5) is 15.0. The Hall–Kier alpha value is -3.35. The highest BCUT2D eigenvalue weighted by Crippen LogP contribution is 2.46. The van der Waals surface area contributed by atoms with Gasteiger partial charge in [0.05, 0.1) is 26.0 Å². The van der Waals surface area contributed by atoms with Crippen LogP contribution >= 0.6 is 0 Å². The lowest BCUT2D eigenvalue weighted by Gasteiger charge is -2.27. The maximum absolute atomic E-state index is 13.4. The molecule has 1 amide bonds. The number of hydrogen-bond donors (Lipinski definition) is 1. The molecule has 0 saturated heterocycles. The summed E-state index contributed by atoms with van der Waals surface area (Å²) < 4.78 is 24.4. The molecular weight excluding hydrogens is 373 g/mol. The number of H-pyrrole nitrogens is 1. The lowest BCUT2D eigenvalue weighted by Crippen LogP contribution is -2.30. The van der Waals surface area contributed by atoms with Gasteiger partial charge in [0, 0.05) is 23.2 Å². The summed E-state index contributed by atoms with van der Waals surface area (Å²) in [5.41, 5.74) is 3.40. The Morgan fingerprint density at radius 2 is 1.90 bits per heavy atom. The molecule has 1 N–H and O–H groups in total. The molecule has 0 fully saturated rings. The van der Waals surface area contributed by atoms with Crippen LogP contribution in [-0.4, -0.2) is 41.8 Å².